The smallest absolute Gasteiger partial charge is 0.266 e. The fourth-order valence-corrected chi connectivity index (χ4v) is 1.18. The first kappa shape index (κ1) is 9.66. The first-order valence-corrected chi connectivity index (χ1v) is 5.30. The predicted molar refractivity (Wildman–Crippen MR) is 46.5 cm³/mol. The number of hydrogen-bond donors (Lipinski definition) is 1. The molecule has 70 valence electrons. The number of hydrogen-bond acceptors (Lipinski definition) is 4. The summed E-state index contributed by atoms with van der Waals surface area (Å²) in [5.74, 6) is -0.671. The number of carbonyl (C=O) groups excluding carboxylic acids is 1. The molecule has 5 nitrogen and oxygen atoms in total. The summed E-state index contributed by atoms with van der Waals surface area (Å²) in [4.78, 5) is 14.8. The molecule has 0 unspecified atom stereocenters. The van der Waals surface area contributed by atoms with Crippen LogP contribution in [0.4, 0.5) is 0 Å². The lowest BCUT2D eigenvalue weighted by atomic mass is 10.3. The lowest BCUT2D eigenvalue weighted by molar-refractivity contribution is 0.0981. The Morgan fingerprint density at radius 1 is 1.54 bits per heavy atom. The van der Waals surface area contributed by atoms with Gasteiger partial charge in [0, 0.05) is 12.4 Å². The van der Waals surface area contributed by atoms with E-state index in [1.54, 1.807) is 6.07 Å². The van der Waals surface area contributed by atoms with Gasteiger partial charge in [0.25, 0.3) is 5.91 Å². The van der Waals surface area contributed by atoms with Crippen molar-refractivity contribution in [2.24, 2.45) is 0 Å². The van der Waals surface area contributed by atoms with Crippen LogP contribution in [0.2, 0.25) is 0 Å². The van der Waals surface area contributed by atoms with Crippen molar-refractivity contribution in [2.45, 2.75) is 0 Å². The molecule has 0 fully saturated rings. The molecule has 1 rings (SSSR count). The molecule has 13 heavy (non-hydrogen) atoms. The maximum Gasteiger partial charge on any atom is 0.266 e. The molecule has 0 bridgehead atoms. The van der Waals surface area contributed by atoms with E-state index in [1.165, 1.54) is 18.5 Å². The van der Waals surface area contributed by atoms with E-state index in [9.17, 15) is 13.2 Å². The van der Waals surface area contributed by atoms with E-state index in [1.807, 2.05) is 4.72 Å². The van der Waals surface area contributed by atoms with Crippen molar-refractivity contribution < 1.29 is 13.2 Å². The van der Waals surface area contributed by atoms with Crippen molar-refractivity contribution in [3.8, 4) is 0 Å². The fraction of sp³-hybridized carbons (Fsp3) is 0.143. The zero-order valence-corrected chi connectivity index (χ0v) is 7.71. The highest BCUT2D eigenvalue weighted by Gasteiger charge is 2.09. The molecule has 0 aliphatic rings. The number of aromatic nitrogens is 1. The van der Waals surface area contributed by atoms with Crippen LogP contribution in [-0.4, -0.2) is 25.6 Å². The van der Waals surface area contributed by atoms with Gasteiger partial charge in [-0.3, -0.25) is 9.78 Å². The van der Waals surface area contributed by atoms with Crippen molar-refractivity contribution in [3.63, 3.8) is 0 Å². The summed E-state index contributed by atoms with van der Waals surface area (Å²) >= 11 is 0. The summed E-state index contributed by atoms with van der Waals surface area (Å²) in [5.41, 5.74) is 0.216. The van der Waals surface area contributed by atoms with Crippen LogP contribution in [-0.2, 0) is 10.0 Å². The van der Waals surface area contributed by atoms with E-state index in [0.29, 0.717) is 0 Å². The highest BCUT2D eigenvalue weighted by molar-refractivity contribution is 7.89. The Labute approximate surface area is 75.9 Å². The lowest BCUT2D eigenvalue weighted by Crippen LogP contribution is -2.29. The van der Waals surface area contributed by atoms with E-state index < -0.39 is 15.9 Å². The average molecular weight is 200 g/mol. The molecule has 1 aromatic heterocycles. The van der Waals surface area contributed by atoms with E-state index in [4.69, 9.17) is 0 Å². The van der Waals surface area contributed by atoms with Gasteiger partial charge < -0.3 is 0 Å². The number of sulfonamides is 1. The van der Waals surface area contributed by atoms with Crippen LogP contribution in [0.25, 0.3) is 0 Å². The topological polar surface area (TPSA) is 76.1 Å². The standard InChI is InChI=1S/C7H8N2O3S/c1-13(11,12)9-7(10)6-3-2-4-8-5-6/h2-5H,1H3,(H,9,10). The third-order valence-electron chi connectivity index (χ3n) is 1.20. The quantitative estimate of drug-likeness (QED) is 0.715. The van der Waals surface area contributed by atoms with Crippen molar-refractivity contribution in [3.05, 3.63) is 30.1 Å². The van der Waals surface area contributed by atoms with Crippen LogP contribution in [0, 0.1) is 0 Å². The minimum Gasteiger partial charge on any atom is -0.268 e. The maximum absolute atomic E-state index is 11.1. The summed E-state index contributed by atoms with van der Waals surface area (Å²) in [6, 6.07) is 3.03. The van der Waals surface area contributed by atoms with Gasteiger partial charge in [-0.25, -0.2) is 13.1 Å². The largest absolute Gasteiger partial charge is 0.268 e. The van der Waals surface area contributed by atoms with Gasteiger partial charge in [-0.1, -0.05) is 0 Å². The average Bonchev–Trinajstić information content (AvgIpc) is 2.03. The molecule has 0 atom stereocenters. The van der Waals surface area contributed by atoms with Crippen molar-refractivity contribution >= 4 is 15.9 Å². The lowest BCUT2D eigenvalue weighted by Gasteiger charge is -2.00. The minimum absolute atomic E-state index is 0.216. The van der Waals surface area contributed by atoms with Gasteiger partial charge >= 0.3 is 0 Å². The predicted octanol–water partition coefficient (Wildman–Crippen LogP) is -0.229. The van der Waals surface area contributed by atoms with Crippen LogP contribution in [0.15, 0.2) is 24.5 Å². The third-order valence-corrected chi connectivity index (χ3v) is 1.76. The molecule has 1 N–H and O–H groups in total. The van der Waals surface area contributed by atoms with E-state index in [2.05, 4.69) is 4.98 Å². The maximum atomic E-state index is 11.1. The van der Waals surface area contributed by atoms with Gasteiger partial charge in [0.15, 0.2) is 0 Å². The molecule has 0 radical (unpaired) electrons. The fourth-order valence-electron chi connectivity index (χ4n) is 0.724. The summed E-state index contributed by atoms with van der Waals surface area (Å²) in [6.07, 6.45) is 3.71. The molecular weight excluding hydrogens is 192 g/mol. The van der Waals surface area contributed by atoms with Gasteiger partial charge in [-0.05, 0) is 12.1 Å². The summed E-state index contributed by atoms with van der Waals surface area (Å²) in [5, 5.41) is 0. The van der Waals surface area contributed by atoms with Gasteiger partial charge in [0.2, 0.25) is 10.0 Å². The van der Waals surface area contributed by atoms with Gasteiger partial charge in [0.05, 0.1) is 11.8 Å². The molecule has 0 spiro atoms. The number of rotatable bonds is 2. The molecule has 0 aliphatic carbocycles. The number of amides is 1. The highest BCUT2D eigenvalue weighted by Crippen LogP contribution is 1.95. The molecule has 1 aromatic rings. The molecule has 1 amide bonds. The minimum atomic E-state index is -3.50. The first-order valence-electron chi connectivity index (χ1n) is 3.41. The highest BCUT2D eigenvalue weighted by atomic mass is 32.2. The Bertz CT molecular complexity index is 399. The SMILES string of the molecule is CS(=O)(=O)NC(=O)c1cccnc1. The van der Waals surface area contributed by atoms with E-state index in [0.717, 1.165) is 6.26 Å². The van der Waals surface area contributed by atoms with Crippen LogP contribution >= 0.6 is 0 Å². The molecule has 0 saturated heterocycles. The van der Waals surface area contributed by atoms with Crippen LogP contribution in [0.5, 0.6) is 0 Å². The Kier molecular flexibility index (Phi) is 2.62. The van der Waals surface area contributed by atoms with Gasteiger partial charge in [-0.15, -0.1) is 0 Å². The van der Waals surface area contributed by atoms with Crippen LogP contribution in [0.1, 0.15) is 10.4 Å². The Morgan fingerprint density at radius 2 is 2.23 bits per heavy atom. The summed E-state index contributed by atoms with van der Waals surface area (Å²) in [6.45, 7) is 0. The van der Waals surface area contributed by atoms with Crippen LogP contribution < -0.4 is 4.72 Å². The first-order chi connectivity index (χ1) is 5.99. The zero-order valence-electron chi connectivity index (χ0n) is 6.89. The van der Waals surface area contributed by atoms with Crippen molar-refractivity contribution in [1.82, 2.24) is 9.71 Å². The Balaban J connectivity index is 2.82. The molecule has 0 aliphatic heterocycles. The second-order valence-corrected chi connectivity index (χ2v) is 4.19. The second kappa shape index (κ2) is 3.53. The normalized spacial score (nSPS) is 10.8. The number of pyridine rings is 1. The molecule has 6 heteroatoms. The molecule has 0 saturated carbocycles. The number of nitrogens with one attached hydrogen (secondary N) is 1. The van der Waals surface area contributed by atoms with E-state index in [-0.39, 0.29) is 5.56 Å². The molecular formula is C7H8N2O3S. The molecule has 0 aromatic carbocycles. The molecule has 1 heterocycles. The monoisotopic (exact) mass is 200 g/mol. The Hall–Kier alpha value is -1.43. The van der Waals surface area contributed by atoms with Gasteiger partial charge in [0.1, 0.15) is 0 Å². The van der Waals surface area contributed by atoms with Crippen molar-refractivity contribution in [2.75, 3.05) is 6.26 Å². The van der Waals surface area contributed by atoms with Gasteiger partial charge in [-0.2, -0.15) is 0 Å². The number of nitrogens with zero attached hydrogens (tertiary/aromatic N) is 1. The number of carbonyl (C=O) groups is 1. The van der Waals surface area contributed by atoms with E-state index >= 15 is 0 Å². The zero-order chi connectivity index (χ0) is 9.90. The van der Waals surface area contributed by atoms with Crippen LogP contribution in [0.3, 0.4) is 0 Å². The summed E-state index contributed by atoms with van der Waals surface area (Å²) < 4.78 is 23.2. The third kappa shape index (κ3) is 3.20. The van der Waals surface area contributed by atoms with Crippen molar-refractivity contribution in [1.29, 1.82) is 0 Å². The summed E-state index contributed by atoms with van der Waals surface area (Å²) in [7, 11) is -3.50. The second-order valence-electron chi connectivity index (χ2n) is 2.45. The Morgan fingerprint density at radius 3 is 2.69 bits per heavy atom.